The Kier molecular flexibility index (Phi) is 13.8. The second kappa shape index (κ2) is 14.6. The van der Waals surface area contributed by atoms with Crippen molar-refractivity contribution in [2.45, 2.75) is 25.6 Å². The molecular weight excluding hydrogens is 292 g/mol. The molecule has 2 unspecified atom stereocenters. The summed E-state index contributed by atoms with van der Waals surface area (Å²) in [7, 11) is 1.58. The Morgan fingerprint density at radius 1 is 1.09 bits per heavy atom. The Hall–Kier alpha value is -1.28. The molecule has 7 heteroatoms. The number of esters is 1. The first kappa shape index (κ1) is 20.7. The van der Waals surface area contributed by atoms with E-state index in [-0.39, 0.29) is 18.8 Å². The van der Waals surface area contributed by atoms with Crippen LogP contribution in [-0.2, 0) is 33.3 Å². The van der Waals surface area contributed by atoms with Crippen LogP contribution in [0.15, 0.2) is 12.7 Å². The predicted molar refractivity (Wildman–Crippen MR) is 79.7 cm³/mol. The summed E-state index contributed by atoms with van der Waals surface area (Å²) in [4.78, 5) is 21.3. The normalized spacial score (nSPS) is 13.4. The first-order valence-electron chi connectivity index (χ1n) is 7.18. The summed E-state index contributed by atoms with van der Waals surface area (Å²) in [6, 6.07) is 0. The van der Waals surface area contributed by atoms with Crippen molar-refractivity contribution in [3.63, 3.8) is 0 Å². The second-order valence-electron chi connectivity index (χ2n) is 4.35. The Bertz CT molecular complexity index is 306. The van der Waals surface area contributed by atoms with E-state index >= 15 is 0 Å². The first-order valence-corrected chi connectivity index (χ1v) is 7.18. The molecular formula is C15H26O7. The minimum absolute atomic E-state index is 0.146. The van der Waals surface area contributed by atoms with Gasteiger partial charge in [-0.05, 0) is 6.92 Å². The van der Waals surface area contributed by atoms with Crippen LogP contribution < -0.4 is 0 Å². The van der Waals surface area contributed by atoms with Gasteiger partial charge in [0, 0.05) is 19.6 Å². The molecule has 128 valence electrons. The summed E-state index contributed by atoms with van der Waals surface area (Å²) in [6.45, 7) is 7.23. The van der Waals surface area contributed by atoms with Gasteiger partial charge in [0.2, 0.25) is 0 Å². The van der Waals surface area contributed by atoms with Crippen molar-refractivity contribution in [1.82, 2.24) is 0 Å². The van der Waals surface area contributed by atoms with Gasteiger partial charge in [0.1, 0.15) is 12.9 Å². The number of rotatable bonds is 15. The number of aldehydes is 1. The molecule has 0 aromatic rings. The van der Waals surface area contributed by atoms with Crippen molar-refractivity contribution in [2.75, 3.05) is 46.8 Å². The van der Waals surface area contributed by atoms with Gasteiger partial charge in [-0.25, -0.2) is 4.79 Å². The Balaban J connectivity index is 3.43. The van der Waals surface area contributed by atoms with Gasteiger partial charge in [0.15, 0.2) is 0 Å². The third kappa shape index (κ3) is 11.4. The topological polar surface area (TPSA) is 80.3 Å². The molecule has 0 rings (SSSR count). The molecule has 0 fully saturated rings. The lowest BCUT2D eigenvalue weighted by atomic mass is 10.2. The van der Waals surface area contributed by atoms with E-state index in [4.69, 9.17) is 23.7 Å². The van der Waals surface area contributed by atoms with E-state index in [0.717, 1.165) is 12.4 Å². The van der Waals surface area contributed by atoms with Gasteiger partial charge < -0.3 is 28.5 Å². The molecule has 0 bridgehead atoms. The molecule has 0 aromatic heterocycles. The van der Waals surface area contributed by atoms with E-state index in [1.165, 1.54) is 0 Å². The summed E-state index contributed by atoms with van der Waals surface area (Å²) in [5, 5.41) is 0. The van der Waals surface area contributed by atoms with Gasteiger partial charge in [0.25, 0.3) is 0 Å². The van der Waals surface area contributed by atoms with Gasteiger partial charge in [-0.1, -0.05) is 6.58 Å². The number of hydrogen-bond acceptors (Lipinski definition) is 7. The third-order valence-corrected chi connectivity index (χ3v) is 2.79. The lowest BCUT2D eigenvalue weighted by Crippen LogP contribution is -2.30. The fraction of sp³-hybridized carbons (Fsp3) is 0.733. The van der Waals surface area contributed by atoms with Crippen LogP contribution >= 0.6 is 0 Å². The molecule has 0 heterocycles. The van der Waals surface area contributed by atoms with Gasteiger partial charge in [-0.2, -0.15) is 0 Å². The fourth-order valence-corrected chi connectivity index (χ4v) is 1.48. The SMILES string of the molecule is C=CC(=O)OCCOCCOCCOC(CC=O)C(C)OC. The smallest absolute Gasteiger partial charge is 0.330 e. The number of carbonyl (C=O) groups excluding carboxylic acids is 2. The van der Waals surface area contributed by atoms with Crippen LogP contribution in [0.4, 0.5) is 0 Å². The molecule has 0 amide bonds. The van der Waals surface area contributed by atoms with Crippen LogP contribution in [0.25, 0.3) is 0 Å². The summed E-state index contributed by atoms with van der Waals surface area (Å²) >= 11 is 0. The summed E-state index contributed by atoms with van der Waals surface area (Å²) in [6.07, 6.45) is 1.80. The molecule has 0 saturated heterocycles. The van der Waals surface area contributed by atoms with Crippen LogP contribution in [0, 0.1) is 0 Å². The second-order valence-corrected chi connectivity index (χ2v) is 4.35. The fourth-order valence-electron chi connectivity index (χ4n) is 1.48. The molecule has 0 aliphatic carbocycles. The maximum atomic E-state index is 10.7. The molecule has 0 spiro atoms. The highest BCUT2D eigenvalue weighted by Crippen LogP contribution is 2.06. The zero-order valence-corrected chi connectivity index (χ0v) is 13.3. The molecule has 0 saturated carbocycles. The molecule has 0 aliphatic rings. The molecule has 0 N–H and O–H groups in total. The highest BCUT2D eigenvalue weighted by molar-refractivity contribution is 5.81. The lowest BCUT2D eigenvalue weighted by Gasteiger charge is -2.21. The predicted octanol–water partition coefficient (Wildman–Crippen LogP) is 0.758. The number of carbonyl (C=O) groups is 2. The summed E-state index contributed by atoms with van der Waals surface area (Å²) in [5.74, 6) is -0.466. The van der Waals surface area contributed by atoms with Crippen LogP contribution in [-0.4, -0.2) is 71.2 Å². The van der Waals surface area contributed by atoms with Crippen LogP contribution in [0.3, 0.4) is 0 Å². The Morgan fingerprint density at radius 2 is 1.68 bits per heavy atom. The largest absolute Gasteiger partial charge is 0.460 e. The third-order valence-electron chi connectivity index (χ3n) is 2.79. The van der Waals surface area contributed by atoms with Gasteiger partial charge in [-0.3, -0.25) is 0 Å². The standard InChI is InChI=1S/C15H26O7/c1-4-15(17)22-12-10-20-8-7-19-9-11-21-14(5-6-16)13(2)18-3/h4,6,13-14H,1,5,7-12H2,2-3H3. The molecule has 0 aliphatic heterocycles. The summed E-state index contributed by atoms with van der Waals surface area (Å²) in [5.41, 5.74) is 0. The minimum atomic E-state index is -0.466. The number of hydrogen-bond donors (Lipinski definition) is 0. The zero-order chi connectivity index (χ0) is 16.6. The quantitative estimate of drug-likeness (QED) is 0.191. The summed E-state index contributed by atoms with van der Waals surface area (Å²) < 4.78 is 25.9. The van der Waals surface area contributed by atoms with E-state index < -0.39 is 5.97 Å². The highest BCUT2D eigenvalue weighted by Gasteiger charge is 2.16. The van der Waals surface area contributed by atoms with Crippen molar-refractivity contribution in [3.05, 3.63) is 12.7 Å². The number of ether oxygens (including phenoxy) is 5. The van der Waals surface area contributed by atoms with Crippen molar-refractivity contribution in [3.8, 4) is 0 Å². The Labute approximate surface area is 131 Å². The molecule has 22 heavy (non-hydrogen) atoms. The lowest BCUT2D eigenvalue weighted by molar-refractivity contribution is -0.139. The highest BCUT2D eigenvalue weighted by atomic mass is 16.6. The minimum Gasteiger partial charge on any atom is -0.460 e. The van der Waals surface area contributed by atoms with Gasteiger partial charge in [0.05, 0.1) is 45.2 Å². The van der Waals surface area contributed by atoms with Crippen LogP contribution in [0.2, 0.25) is 0 Å². The van der Waals surface area contributed by atoms with Crippen LogP contribution in [0.5, 0.6) is 0 Å². The number of methoxy groups -OCH3 is 1. The van der Waals surface area contributed by atoms with Crippen molar-refractivity contribution < 1.29 is 33.3 Å². The monoisotopic (exact) mass is 318 g/mol. The van der Waals surface area contributed by atoms with E-state index in [2.05, 4.69) is 6.58 Å². The van der Waals surface area contributed by atoms with Crippen LogP contribution in [0.1, 0.15) is 13.3 Å². The first-order chi connectivity index (χ1) is 10.7. The maximum absolute atomic E-state index is 10.7. The van der Waals surface area contributed by atoms with Crippen molar-refractivity contribution in [2.24, 2.45) is 0 Å². The van der Waals surface area contributed by atoms with E-state index in [1.54, 1.807) is 7.11 Å². The van der Waals surface area contributed by atoms with E-state index in [9.17, 15) is 9.59 Å². The average molecular weight is 318 g/mol. The van der Waals surface area contributed by atoms with E-state index in [0.29, 0.717) is 39.5 Å². The maximum Gasteiger partial charge on any atom is 0.330 e. The van der Waals surface area contributed by atoms with E-state index in [1.807, 2.05) is 6.92 Å². The van der Waals surface area contributed by atoms with Gasteiger partial charge >= 0.3 is 5.97 Å². The zero-order valence-electron chi connectivity index (χ0n) is 13.3. The molecule has 2 atom stereocenters. The van der Waals surface area contributed by atoms with Gasteiger partial charge in [-0.15, -0.1) is 0 Å². The van der Waals surface area contributed by atoms with Crippen molar-refractivity contribution >= 4 is 12.3 Å². The average Bonchev–Trinajstić information content (AvgIpc) is 2.54. The Morgan fingerprint density at radius 3 is 2.23 bits per heavy atom. The molecule has 0 radical (unpaired) electrons. The molecule has 0 aromatic carbocycles. The van der Waals surface area contributed by atoms with Crippen molar-refractivity contribution in [1.29, 1.82) is 0 Å². The molecule has 7 nitrogen and oxygen atoms in total.